The lowest BCUT2D eigenvalue weighted by Gasteiger charge is -2.56. The van der Waals surface area contributed by atoms with Gasteiger partial charge in [-0.05, 0) is 74.0 Å². The van der Waals surface area contributed by atoms with Crippen LogP contribution in [0.1, 0.15) is 49.8 Å². The molecule has 3 N–H and O–H groups in total. The van der Waals surface area contributed by atoms with Gasteiger partial charge in [-0.15, -0.1) is 0 Å². The quantitative estimate of drug-likeness (QED) is 0.871. The molecule has 0 amide bonds. The Balaban J connectivity index is 1.66. The van der Waals surface area contributed by atoms with E-state index in [0.29, 0.717) is 11.4 Å². The van der Waals surface area contributed by atoms with E-state index in [0.717, 1.165) is 34.6 Å². The molecule has 4 fully saturated rings. The zero-order valence-corrected chi connectivity index (χ0v) is 14.7. The standard InChI is InChI=1S/C21H22N4O/c22-10-17-16(15-1-2-19(26)24-11-15)6-18(25-20(17)23)21-7-12-3-13(8-21)5-14(4-12)9-21/h1-2,6,11-14H,3-5,7-9H2,(H2,23,25)(H,24,26). The van der Waals surface area contributed by atoms with Gasteiger partial charge in [0.25, 0.3) is 0 Å². The highest BCUT2D eigenvalue weighted by atomic mass is 16.1. The summed E-state index contributed by atoms with van der Waals surface area (Å²) in [6.45, 7) is 0. The molecule has 0 unspecified atom stereocenters. The van der Waals surface area contributed by atoms with E-state index in [4.69, 9.17) is 10.7 Å². The highest BCUT2D eigenvalue weighted by Crippen LogP contribution is 2.60. The van der Waals surface area contributed by atoms with Crippen molar-refractivity contribution in [3.05, 3.63) is 46.0 Å². The van der Waals surface area contributed by atoms with Crippen molar-refractivity contribution in [1.82, 2.24) is 9.97 Å². The second-order valence-corrected chi connectivity index (χ2v) is 8.57. The van der Waals surface area contributed by atoms with Gasteiger partial charge in [0.05, 0.1) is 0 Å². The number of hydrogen-bond acceptors (Lipinski definition) is 4. The number of nitrogens with two attached hydrogens (primary N) is 1. The van der Waals surface area contributed by atoms with Crippen LogP contribution in [0.2, 0.25) is 0 Å². The molecule has 0 aromatic carbocycles. The van der Waals surface area contributed by atoms with Gasteiger partial charge in [-0.25, -0.2) is 4.98 Å². The minimum Gasteiger partial charge on any atom is -0.383 e. The Kier molecular flexibility index (Phi) is 3.27. The molecule has 5 nitrogen and oxygen atoms in total. The van der Waals surface area contributed by atoms with Crippen molar-refractivity contribution in [2.45, 2.75) is 43.9 Å². The summed E-state index contributed by atoms with van der Waals surface area (Å²) in [6, 6.07) is 7.50. The summed E-state index contributed by atoms with van der Waals surface area (Å²) >= 11 is 0. The lowest BCUT2D eigenvalue weighted by atomic mass is 9.48. The lowest BCUT2D eigenvalue weighted by molar-refractivity contribution is -0.00711. The van der Waals surface area contributed by atoms with Crippen LogP contribution in [0.5, 0.6) is 0 Å². The molecule has 132 valence electrons. The predicted molar refractivity (Wildman–Crippen MR) is 99.3 cm³/mol. The van der Waals surface area contributed by atoms with Crippen molar-refractivity contribution in [2.24, 2.45) is 17.8 Å². The van der Waals surface area contributed by atoms with Crippen molar-refractivity contribution in [1.29, 1.82) is 5.26 Å². The number of nitrogen functional groups attached to an aromatic ring is 1. The van der Waals surface area contributed by atoms with Gasteiger partial charge in [0, 0.05) is 28.9 Å². The third-order valence-electron chi connectivity index (χ3n) is 6.84. The van der Waals surface area contributed by atoms with Crippen molar-refractivity contribution in [2.75, 3.05) is 5.73 Å². The smallest absolute Gasteiger partial charge is 0.247 e. The van der Waals surface area contributed by atoms with Crippen LogP contribution in [0.25, 0.3) is 11.1 Å². The Hall–Kier alpha value is -2.61. The number of rotatable bonds is 2. The van der Waals surface area contributed by atoms with Crippen LogP contribution >= 0.6 is 0 Å². The molecule has 2 heterocycles. The molecule has 4 aliphatic rings. The first-order valence-corrected chi connectivity index (χ1v) is 9.46. The van der Waals surface area contributed by atoms with Gasteiger partial charge in [-0.1, -0.05) is 0 Å². The van der Waals surface area contributed by atoms with Crippen LogP contribution in [0, 0.1) is 29.1 Å². The van der Waals surface area contributed by atoms with Crippen LogP contribution in [0.4, 0.5) is 5.82 Å². The van der Waals surface area contributed by atoms with Crippen molar-refractivity contribution < 1.29 is 0 Å². The molecule has 6 rings (SSSR count). The molecular weight excluding hydrogens is 324 g/mol. The van der Waals surface area contributed by atoms with Crippen LogP contribution in [0.15, 0.2) is 29.2 Å². The van der Waals surface area contributed by atoms with E-state index < -0.39 is 0 Å². The number of aromatic nitrogens is 2. The molecule has 0 atom stereocenters. The van der Waals surface area contributed by atoms with E-state index in [1.54, 1.807) is 12.3 Å². The number of H-pyrrole nitrogens is 1. The Morgan fingerprint density at radius 1 is 1.15 bits per heavy atom. The molecule has 5 heteroatoms. The summed E-state index contributed by atoms with van der Waals surface area (Å²) in [4.78, 5) is 18.8. The molecule has 0 saturated heterocycles. The number of aromatic amines is 1. The van der Waals surface area contributed by atoms with Crippen LogP contribution in [-0.4, -0.2) is 9.97 Å². The van der Waals surface area contributed by atoms with Crippen LogP contribution in [0.3, 0.4) is 0 Å². The molecule has 26 heavy (non-hydrogen) atoms. The van der Waals surface area contributed by atoms with Gasteiger partial charge in [0.15, 0.2) is 0 Å². The zero-order valence-electron chi connectivity index (χ0n) is 14.7. The average molecular weight is 346 g/mol. The minimum absolute atomic E-state index is 0.119. The van der Waals surface area contributed by atoms with Crippen LogP contribution < -0.4 is 11.3 Å². The molecule has 4 saturated carbocycles. The average Bonchev–Trinajstić information content (AvgIpc) is 2.60. The molecule has 4 aliphatic carbocycles. The first-order valence-electron chi connectivity index (χ1n) is 9.46. The van der Waals surface area contributed by atoms with Gasteiger partial charge in [-0.2, -0.15) is 5.26 Å². The normalized spacial score (nSPS) is 31.7. The molecular formula is C21H22N4O. The summed E-state index contributed by atoms with van der Waals surface area (Å²) in [5, 5.41) is 9.60. The first kappa shape index (κ1) is 15.6. The lowest BCUT2D eigenvalue weighted by Crippen LogP contribution is -2.49. The summed E-state index contributed by atoms with van der Waals surface area (Å²) in [6.07, 6.45) is 9.36. The van der Waals surface area contributed by atoms with E-state index in [1.165, 1.54) is 44.6 Å². The van der Waals surface area contributed by atoms with Gasteiger partial charge >= 0.3 is 0 Å². The van der Waals surface area contributed by atoms with E-state index in [-0.39, 0.29) is 11.0 Å². The number of anilines is 1. The summed E-state index contributed by atoms with van der Waals surface area (Å²) in [5.41, 5.74) is 9.21. The Bertz CT molecular complexity index is 929. The van der Waals surface area contributed by atoms with Gasteiger partial charge in [0.2, 0.25) is 5.56 Å². The van der Waals surface area contributed by atoms with Crippen LogP contribution in [-0.2, 0) is 5.41 Å². The molecule has 0 spiro atoms. The largest absolute Gasteiger partial charge is 0.383 e. The Labute approximate surface area is 152 Å². The van der Waals surface area contributed by atoms with E-state index in [2.05, 4.69) is 17.1 Å². The summed E-state index contributed by atoms with van der Waals surface area (Å²) < 4.78 is 0. The topological polar surface area (TPSA) is 95.6 Å². The predicted octanol–water partition coefficient (Wildman–Crippen LogP) is 3.36. The minimum atomic E-state index is -0.157. The van der Waals surface area contributed by atoms with Gasteiger partial charge in [-0.3, -0.25) is 4.79 Å². The Morgan fingerprint density at radius 3 is 2.35 bits per heavy atom. The summed E-state index contributed by atoms with van der Waals surface area (Å²) in [7, 11) is 0. The number of hydrogen-bond donors (Lipinski definition) is 2. The molecule has 0 aliphatic heterocycles. The zero-order chi connectivity index (χ0) is 17.9. The molecule has 0 radical (unpaired) electrons. The molecule has 4 bridgehead atoms. The third kappa shape index (κ3) is 2.28. The highest BCUT2D eigenvalue weighted by Gasteiger charge is 2.52. The van der Waals surface area contributed by atoms with E-state index in [9.17, 15) is 10.1 Å². The second-order valence-electron chi connectivity index (χ2n) is 8.57. The van der Waals surface area contributed by atoms with E-state index in [1.807, 2.05) is 0 Å². The maximum absolute atomic E-state index is 11.4. The number of nitriles is 1. The fraction of sp³-hybridized carbons (Fsp3) is 0.476. The third-order valence-corrected chi connectivity index (χ3v) is 6.84. The fourth-order valence-corrected chi connectivity index (χ4v) is 6.18. The van der Waals surface area contributed by atoms with Crippen molar-refractivity contribution >= 4 is 5.82 Å². The van der Waals surface area contributed by atoms with Crippen molar-refractivity contribution in [3.8, 4) is 17.2 Å². The number of nitrogens with zero attached hydrogens (tertiary/aromatic N) is 2. The molecule has 2 aromatic rings. The van der Waals surface area contributed by atoms with Gasteiger partial charge < -0.3 is 10.7 Å². The maximum Gasteiger partial charge on any atom is 0.247 e. The van der Waals surface area contributed by atoms with Gasteiger partial charge in [0.1, 0.15) is 17.5 Å². The highest BCUT2D eigenvalue weighted by molar-refractivity contribution is 5.75. The first-order chi connectivity index (χ1) is 12.6. The molecule has 2 aromatic heterocycles. The van der Waals surface area contributed by atoms with Crippen molar-refractivity contribution in [3.63, 3.8) is 0 Å². The second kappa shape index (κ2) is 5.44. The Morgan fingerprint density at radius 2 is 1.81 bits per heavy atom. The monoisotopic (exact) mass is 346 g/mol. The summed E-state index contributed by atoms with van der Waals surface area (Å²) in [5.74, 6) is 2.76. The number of nitrogens with one attached hydrogen (secondary N) is 1. The number of pyridine rings is 2. The SMILES string of the molecule is N#Cc1c(-c2ccc(=O)[nH]c2)cc(C23CC4CC(CC(C4)C2)C3)nc1N. The maximum atomic E-state index is 11.4. The van der Waals surface area contributed by atoms with E-state index >= 15 is 0 Å². The fourth-order valence-electron chi connectivity index (χ4n) is 6.18.